The summed E-state index contributed by atoms with van der Waals surface area (Å²) in [5, 5.41) is 12.7. The topological polar surface area (TPSA) is 116 Å². The molecule has 0 bridgehead atoms. The summed E-state index contributed by atoms with van der Waals surface area (Å²) < 4.78 is 3.31. The number of carbonyl (C=O) groups is 1. The van der Waals surface area contributed by atoms with Gasteiger partial charge in [0.05, 0.1) is 22.9 Å². The molecule has 0 fully saturated rings. The second kappa shape index (κ2) is 10.1. The summed E-state index contributed by atoms with van der Waals surface area (Å²) in [6.45, 7) is 3.94. The van der Waals surface area contributed by atoms with Crippen molar-refractivity contribution in [1.29, 1.82) is 0 Å². The van der Waals surface area contributed by atoms with Crippen molar-refractivity contribution in [3.8, 4) is 11.3 Å². The first-order valence-electron chi connectivity index (χ1n) is 13.0. The zero-order valence-corrected chi connectivity index (χ0v) is 22.4. The lowest BCUT2D eigenvalue weighted by Gasteiger charge is -2.19. The number of nitrogens with one attached hydrogen (secondary N) is 1. The van der Waals surface area contributed by atoms with E-state index in [-0.39, 0.29) is 23.3 Å². The quantitative estimate of drug-likeness (QED) is 0.306. The lowest BCUT2D eigenvalue weighted by atomic mass is 9.97. The number of pyridine rings is 1. The number of benzene rings is 2. The number of fused-ring (bicyclic) bond motifs is 2. The van der Waals surface area contributed by atoms with Gasteiger partial charge in [0.1, 0.15) is 5.56 Å². The van der Waals surface area contributed by atoms with Gasteiger partial charge < -0.3 is 11.1 Å². The maximum absolute atomic E-state index is 13.4. The molecular formula is C31H28N8O. The van der Waals surface area contributed by atoms with Crippen LogP contribution in [0.3, 0.4) is 0 Å². The first-order chi connectivity index (χ1) is 19.4. The molecule has 0 saturated carbocycles. The van der Waals surface area contributed by atoms with Crippen LogP contribution in [0.4, 0.5) is 5.82 Å². The van der Waals surface area contributed by atoms with Crippen molar-refractivity contribution in [1.82, 2.24) is 34.7 Å². The summed E-state index contributed by atoms with van der Waals surface area (Å²) in [5.41, 5.74) is 13.3. The van der Waals surface area contributed by atoms with Gasteiger partial charge in [0.25, 0.3) is 5.91 Å². The fourth-order valence-corrected chi connectivity index (χ4v) is 4.96. The zero-order chi connectivity index (χ0) is 27.8. The van der Waals surface area contributed by atoms with Gasteiger partial charge in [0.2, 0.25) is 0 Å². The van der Waals surface area contributed by atoms with Crippen molar-refractivity contribution in [2.45, 2.75) is 19.9 Å². The van der Waals surface area contributed by atoms with Gasteiger partial charge in [-0.1, -0.05) is 60.7 Å². The highest BCUT2D eigenvalue weighted by atomic mass is 16.1. The molecule has 3 N–H and O–H groups in total. The number of para-hydroxylation sites is 1. The Morgan fingerprint density at radius 3 is 2.60 bits per heavy atom. The summed E-state index contributed by atoms with van der Waals surface area (Å²) in [4.78, 5) is 22.9. The van der Waals surface area contributed by atoms with Crippen LogP contribution in [0.5, 0.6) is 0 Å². The van der Waals surface area contributed by atoms with Gasteiger partial charge in [-0.15, -0.1) is 5.10 Å². The van der Waals surface area contributed by atoms with Gasteiger partial charge in [-0.3, -0.25) is 9.48 Å². The number of amides is 1. The Labute approximate surface area is 231 Å². The van der Waals surface area contributed by atoms with E-state index < -0.39 is 0 Å². The number of hydrogen-bond acceptors (Lipinski definition) is 6. The smallest absolute Gasteiger partial charge is 0.259 e. The summed E-state index contributed by atoms with van der Waals surface area (Å²) >= 11 is 0. The van der Waals surface area contributed by atoms with Crippen LogP contribution in [0, 0.1) is 6.92 Å². The molecule has 0 unspecified atom stereocenters. The first-order valence-corrected chi connectivity index (χ1v) is 13.0. The lowest BCUT2D eigenvalue weighted by molar-refractivity contribution is 0.0942. The molecule has 0 aliphatic carbocycles. The fourth-order valence-electron chi connectivity index (χ4n) is 4.96. The van der Waals surface area contributed by atoms with E-state index in [1.54, 1.807) is 18.5 Å². The van der Waals surface area contributed by atoms with Crippen LogP contribution < -0.4 is 11.1 Å². The van der Waals surface area contributed by atoms with Gasteiger partial charge in [-0.2, -0.15) is 5.10 Å². The SMILES string of the molecule is Cc1nn(C)cc1/C=C\c1cccc2cc([C@@H](C)NC(=O)c3c(N)nn4cccnc34)c(-c3ccccc3)nc12. The van der Waals surface area contributed by atoms with Gasteiger partial charge >= 0.3 is 0 Å². The van der Waals surface area contributed by atoms with Crippen molar-refractivity contribution in [2.75, 3.05) is 5.73 Å². The molecule has 198 valence electrons. The minimum Gasteiger partial charge on any atom is -0.381 e. The van der Waals surface area contributed by atoms with E-state index >= 15 is 0 Å². The van der Waals surface area contributed by atoms with Crippen LogP contribution >= 0.6 is 0 Å². The third kappa shape index (κ3) is 4.58. The van der Waals surface area contributed by atoms with E-state index in [2.05, 4.69) is 44.8 Å². The summed E-state index contributed by atoms with van der Waals surface area (Å²) in [6.07, 6.45) is 9.45. The van der Waals surface area contributed by atoms with Crippen LogP contribution in [0.15, 0.2) is 79.3 Å². The molecule has 9 nitrogen and oxygen atoms in total. The Bertz CT molecular complexity index is 1900. The molecule has 1 amide bonds. The lowest BCUT2D eigenvalue weighted by Crippen LogP contribution is -2.28. The van der Waals surface area contributed by atoms with Crippen LogP contribution in [-0.2, 0) is 7.05 Å². The number of nitrogen functional groups attached to an aromatic ring is 1. The molecule has 0 aliphatic heterocycles. The standard InChI is InChI=1S/C31H28N8O/c1-19-24(18-38(3)36-19)14-13-22-11-7-12-23-17-25(28(35-27(22)23)21-9-5-4-6-10-21)20(2)34-31(40)26-29(32)37-39-16-8-15-33-30(26)39/h4-18,20H,1-3H3,(H2,32,37)(H,34,40)/b14-13-/t20-/m1/s1. The Morgan fingerprint density at radius 1 is 1.02 bits per heavy atom. The molecule has 6 rings (SSSR count). The molecule has 40 heavy (non-hydrogen) atoms. The van der Waals surface area contributed by atoms with Gasteiger partial charge in [0, 0.05) is 53.3 Å². The van der Waals surface area contributed by atoms with Crippen molar-refractivity contribution >= 4 is 40.4 Å². The van der Waals surface area contributed by atoms with E-state index in [9.17, 15) is 4.79 Å². The highest BCUT2D eigenvalue weighted by Gasteiger charge is 2.23. The Balaban J connectivity index is 1.42. The fraction of sp³-hybridized carbons (Fsp3) is 0.129. The van der Waals surface area contributed by atoms with Crippen LogP contribution in [0.2, 0.25) is 0 Å². The highest BCUT2D eigenvalue weighted by Crippen LogP contribution is 2.32. The number of carbonyl (C=O) groups excluding carboxylic acids is 1. The monoisotopic (exact) mass is 528 g/mol. The molecule has 2 aromatic carbocycles. The third-order valence-corrected chi connectivity index (χ3v) is 6.91. The largest absolute Gasteiger partial charge is 0.381 e. The van der Waals surface area contributed by atoms with E-state index in [1.165, 1.54) is 4.52 Å². The molecule has 0 radical (unpaired) electrons. The zero-order valence-electron chi connectivity index (χ0n) is 22.4. The molecule has 0 saturated heterocycles. The molecule has 9 heteroatoms. The number of hydrogen-bond donors (Lipinski definition) is 2. The number of anilines is 1. The minimum absolute atomic E-state index is 0.128. The average molecular weight is 529 g/mol. The maximum Gasteiger partial charge on any atom is 0.259 e. The van der Waals surface area contributed by atoms with Gasteiger partial charge in [-0.05, 0) is 26.0 Å². The summed E-state index contributed by atoms with van der Waals surface area (Å²) in [7, 11) is 1.91. The number of rotatable bonds is 6. The molecule has 4 heterocycles. The molecule has 0 spiro atoms. The van der Waals surface area contributed by atoms with E-state index in [4.69, 9.17) is 10.7 Å². The first kappa shape index (κ1) is 25.0. The minimum atomic E-state index is -0.380. The van der Waals surface area contributed by atoms with Crippen molar-refractivity contribution < 1.29 is 4.79 Å². The molecule has 4 aromatic heterocycles. The van der Waals surface area contributed by atoms with Crippen molar-refractivity contribution in [3.63, 3.8) is 0 Å². The summed E-state index contributed by atoms with van der Waals surface area (Å²) in [6, 6.07) is 19.5. The predicted molar refractivity (Wildman–Crippen MR) is 157 cm³/mol. The highest BCUT2D eigenvalue weighted by molar-refractivity contribution is 6.04. The number of aromatic nitrogens is 6. The van der Waals surface area contributed by atoms with Crippen LogP contribution in [-0.4, -0.2) is 35.3 Å². The molecule has 6 aromatic rings. The Hall–Kier alpha value is -5.31. The third-order valence-electron chi connectivity index (χ3n) is 6.91. The van der Waals surface area contributed by atoms with Crippen LogP contribution in [0.1, 0.15) is 45.7 Å². The summed E-state index contributed by atoms with van der Waals surface area (Å²) in [5.74, 6) is -0.218. The van der Waals surface area contributed by atoms with E-state index in [0.717, 1.165) is 44.5 Å². The molecule has 1 atom stereocenters. The van der Waals surface area contributed by atoms with Gasteiger partial charge in [0.15, 0.2) is 11.5 Å². The average Bonchev–Trinajstić information content (AvgIpc) is 3.47. The van der Waals surface area contributed by atoms with Gasteiger partial charge in [-0.25, -0.2) is 14.5 Å². The molecular weight excluding hydrogens is 500 g/mol. The normalized spacial score (nSPS) is 12.4. The second-order valence-electron chi connectivity index (χ2n) is 9.73. The predicted octanol–water partition coefficient (Wildman–Crippen LogP) is 5.23. The Morgan fingerprint density at radius 2 is 1.82 bits per heavy atom. The number of aryl methyl sites for hydroxylation is 2. The number of nitrogens with zero attached hydrogens (tertiary/aromatic N) is 6. The van der Waals surface area contributed by atoms with E-state index in [1.807, 2.05) is 74.2 Å². The Kier molecular flexibility index (Phi) is 6.31. The molecule has 0 aliphatic rings. The van der Waals surface area contributed by atoms with Crippen LogP contribution in [0.25, 0.3) is 40.0 Å². The second-order valence-corrected chi connectivity index (χ2v) is 9.73. The number of nitrogens with two attached hydrogens (primary N) is 1. The van der Waals surface area contributed by atoms with Crippen molar-refractivity contribution in [3.05, 3.63) is 107 Å². The van der Waals surface area contributed by atoms with E-state index in [0.29, 0.717) is 5.65 Å². The van der Waals surface area contributed by atoms with Crippen molar-refractivity contribution in [2.24, 2.45) is 7.05 Å². The maximum atomic E-state index is 13.4.